The fourth-order valence-electron chi connectivity index (χ4n) is 1.64. The van der Waals surface area contributed by atoms with Crippen LogP contribution in [0.2, 0.25) is 5.02 Å². The van der Waals surface area contributed by atoms with Crippen molar-refractivity contribution in [3.05, 3.63) is 34.5 Å². The van der Waals surface area contributed by atoms with Gasteiger partial charge in [-0.3, -0.25) is 0 Å². The fourth-order valence-corrected chi connectivity index (χ4v) is 1.81. The summed E-state index contributed by atoms with van der Waals surface area (Å²) in [7, 11) is 0. The molecule has 0 bridgehead atoms. The number of fused-ring (bicyclic) bond motifs is 1. The molecule has 16 heavy (non-hydrogen) atoms. The van der Waals surface area contributed by atoms with Gasteiger partial charge >= 0.3 is 5.97 Å². The number of aromatic nitrogens is 1. The van der Waals surface area contributed by atoms with E-state index in [1.807, 2.05) is 19.1 Å². The first-order chi connectivity index (χ1) is 7.63. The highest BCUT2D eigenvalue weighted by atomic mass is 35.5. The van der Waals surface area contributed by atoms with Gasteiger partial charge < -0.3 is 9.72 Å². The highest BCUT2D eigenvalue weighted by Crippen LogP contribution is 2.26. The highest BCUT2D eigenvalue weighted by molar-refractivity contribution is 6.32. The van der Waals surface area contributed by atoms with Crippen molar-refractivity contribution in [3.63, 3.8) is 0 Å². The number of ether oxygens (including phenoxy) is 1. The Bertz CT molecular complexity index is 545. The Kier molecular flexibility index (Phi) is 2.88. The summed E-state index contributed by atoms with van der Waals surface area (Å²) in [6.45, 7) is 4.07. The Morgan fingerprint density at radius 1 is 1.50 bits per heavy atom. The van der Waals surface area contributed by atoms with Crippen molar-refractivity contribution < 1.29 is 9.53 Å². The lowest BCUT2D eigenvalue weighted by Crippen LogP contribution is -2.04. The number of hydrogen-bond acceptors (Lipinski definition) is 2. The van der Waals surface area contributed by atoms with Gasteiger partial charge in [-0.1, -0.05) is 11.6 Å². The number of carbonyl (C=O) groups is 1. The standard InChI is InChI=1S/C12H12ClNO2/c1-3-16-12(15)11-6-8-7(2)9(13)4-5-10(8)14-11/h4-6,14H,3H2,1-2H3. The molecule has 0 fully saturated rings. The van der Waals surface area contributed by atoms with Gasteiger partial charge in [0.2, 0.25) is 0 Å². The maximum atomic E-state index is 11.5. The Hall–Kier alpha value is -1.48. The van der Waals surface area contributed by atoms with Crippen LogP contribution in [0.15, 0.2) is 18.2 Å². The van der Waals surface area contributed by atoms with Gasteiger partial charge in [0, 0.05) is 15.9 Å². The van der Waals surface area contributed by atoms with E-state index in [2.05, 4.69) is 4.98 Å². The van der Waals surface area contributed by atoms with Gasteiger partial charge in [-0.2, -0.15) is 0 Å². The monoisotopic (exact) mass is 237 g/mol. The summed E-state index contributed by atoms with van der Waals surface area (Å²) in [4.78, 5) is 14.5. The van der Waals surface area contributed by atoms with Crippen LogP contribution in [0.5, 0.6) is 0 Å². The number of benzene rings is 1. The van der Waals surface area contributed by atoms with Crippen molar-refractivity contribution in [2.45, 2.75) is 13.8 Å². The number of halogens is 1. The largest absolute Gasteiger partial charge is 0.461 e. The van der Waals surface area contributed by atoms with Crippen molar-refractivity contribution in [1.82, 2.24) is 4.98 Å². The zero-order valence-corrected chi connectivity index (χ0v) is 9.89. The van der Waals surface area contributed by atoms with Gasteiger partial charge in [-0.05, 0) is 37.6 Å². The molecule has 84 valence electrons. The zero-order chi connectivity index (χ0) is 11.7. The molecule has 0 saturated carbocycles. The Balaban J connectivity index is 2.52. The van der Waals surface area contributed by atoms with Crippen LogP contribution < -0.4 is 0 Å². The summed E-state index contributed by atoms with van der Waals surface area (Å²) in [6, 6.07) is 5.44. The molecule has 2 rings (SSSR count). The Labute approximate surface area is 98.4 Å². The van der Waals surface area contributed by atoms with Gasteiger partial charge in [0.25, 0.3) is 0 Å². The van der Waals surface area contributed by atoms with E-state index < -0.39 is 0 Å². The molecule has 1 N–H and O–H groups in total. The van der Waals surface area contributed by atoms with Gasteiger partial charge in [-0.25, -0.2) is 4.79 Å². The van der Waals surface area contributed by atoms with Crippen LogP contribution in [0.25, 0.3) is 10.9 Å². The number of esters is 1. The molecule has 0 aliphatic heterocycles. The molecule has 0 amide bonds. The third-order valence-electron chi connectivity index (χ3n) is 2.50. The molecule has 1 aromatic heterocycles. The first kappa shape index (κ1) is 11.0. The lowest BCUT2D eigenvalue weighted by atomic mass is 10.1. The van der Waals surface area contributed by atoms with Crippen LogP contribution in [0.1, 0.15) is 23.0 Å². The van der Waals surface area contributed by atoms with Crippen LogP contribution >= 0.6 is 11.6 Å². The minimum atomic E-state index is -0.339. The van der Waals surface area contributed by atoms with Crippen LogP contribution in [0.3, 0.4) is 0 Å². The number of aromatic amines is 1. The molecule has 0 atom stereocenters. The minimum Gasteiger partial charge on any atom is -0.461 e. The zero-order valence-electron chi connectivity index (χ0n) is 9.13. The lowest BCUT2D eigenvalue weighted by molar-refractivity contribution is 0.0520. The van der Waals surface area contributed by atoms with Crippen molar-refractivity contribution in [2.75, 3.05) is 6.61 Å². The van der Waals surface area contributed by atoms with Gasteiger partial charge in [-0.15, -0.1) is 0 Å². The van der Waals surface area contributed by atoms with E-state index in [1.165, 1.54) is 0 Å². The molecule has 0 unspecified atom stereocenters. The van der Waals surface area contributed by atoms with E-state index in [1.54, 1.807) is 13.0 Å². The quantitative estimate of drug-likeness (QED) is 0.815. The molecule has 0 aliphatic carbocycles. The fraction of sp³-hybridized carbons (Fsp3) is 0.250. The molecule has 3 nitrogen and oxygen atoms in total. The summed E-state index contributed by atoms with van der Waals surface area (Å²) >= 11 is 6.01. The SMILES string of the molecule is CCOC(=O)c1cc2c(C)c(Cl)ccc2[nH]1. The molecule has 1 aromatic carbocycles. The summed E-state index contributed by atoms with van der Waals surface area (Å²) in [5.41, 5.74) is 2.32. The molecule has 2 aromatic rings. The summed E-state index contributed by atoms with van der Waals surface area (Å²) in [5, 5.41) is 1.65. The van der Waals surface area contributed by atoms with Crippen molar-refractivity contribution in [2.24, 2.45) is 0 Å². The number of rotatable bonds is 2. The topological polar surface area (TPSA) is 42.1 Å². The number of H-pyrrole nitrogens is 1. The third kappa shape index (κ3) is 1.78. The van der Waals surface area contributed by atoms with Gasteiger partial charge in [0.1, 0.15) is 5.69 Å². The Morgan fingerprint density at radius 2 is 2.25 bits per heavy atom. The van der Waals surface area contributed by atoms with E-state index in [0.29, 0.717) is 17.3 Å². The average molecular weight is 238 g/mol. The molecule has 0 aliphatic rings. The average Bonchev–Trinajstić information content (AvgIpc) is 2.69. The smallest absolute Gasteiger partial charge is 0.354 e. The van der Waals surface area contributed by atoms with Crippen LogP contribution in [-0.4, -0.2) is 17.6 Å². The second-order valence-corrected chi connectivity index (χ2v) is 3.94. The number of nitrogens with one attached hydrogen (secondary N) is 1. The number of aryl methyl sites for hydroxylation is 1. The number of carbonyl (C=O) groups excluding carboxylic acids is 1. The summed E-state index contributed by atoms with van der Waals surface area (Å²) in [5.74, 6) is -0.339. The molecule has 0 radical (unpaired) electrons. The van der Waals surface area contributed by atoms with E-state index in [4.69, 9.17) is 16.3 Å². The predicted molar refractivity (Wildman–Crippen MR) is 64.0 cm³/mol. The van der Waals surface area contributed by atoms with Gasteiger partial charge in [0.15, 0.2) is 0 Å². The van der Waals surface area contributed by atoms with Crippen molar-refractivity contribution in [3.8, 4) is 0 Å². The lowest BCUT2D eigenvalue weighted by Gasteiger charge is -1.97. The van der Waals surface area contributed by atoms with Gasteiger partial charge in [0.05, 0.1) is 6.61 Å². The summed E-state index contributed by atoms with van der Waals surface area (Å²) < 4.78 is 4.92. The maximum Gasteiger partial charge on any atom is 0.354 e. The molecule has 0 spiro atoms. The Morgan fingerprint density at radius 3 is 2.94 bits per heavy atom. The second-order valence-electron chi connectivity index (χ2n) is 3.54. The first-order valence-corrected chi connectivity index (χ1v) is 5.46. The maximum absolute atomic E-state index is 11.5. The van der Waals surface area contributed by atoms with Crippen LogP contribution in [0.4, 0.5) is 0 Å². The van der Waals surface area contributed by atoms with Crippen molar-refractivity contribution in [1.29, 1.82) is 0 Å². The van der Waals surface area contributed by atoms with Crippen LogP contribution in [-0.2, 0) is 4.74 Å². The highest BCUT2D eigenvalue weighted by Gasteiger charge is 2.12. The van der Waals surface area contributed by atoms with Crippen molar-refractivity contribution >= 4 is 28.5 Å². The molecule has 4 heteroatoms. The molecular formula is C12H12ClNO2. The van der Waals surface area contributed by atoms with E-state index in [-0.39, 0.29) is 5.97 Å². The van der Waals surface area contributed by atoms with E-state index in [0.717, 1.165) is 16.5 Å². The predicted octanol–water partition coefficient (Wildman–Crippen LogP) is 3.31. The third-order valence-corrected chi connectivity index (χ3v) is 2.91. The van der Waals surface area contributed by atoms with Crippen LogP contribution in [0, 0.1) is 6.92 Å². The number of hydrogen-bond donors (Lipinski definition) is 1. The molecule has 0 saturated heterocycles. The summed E-state index contributed by atoms with van der Waals surface area (Å²) in [6.07, 6.45) is 0. The minimum absolute atomic E-state index is 0.339. The van der Waals surface area contributed by atoms with E-state index in [9.17, 15) is 4.79 Å². The molecule has 1 heterocycles. The first-order valence-electron chi connectivity index (χ1n) is 5.08. The normalized spacial score (nSPS) is 10.7. The second kappa shape index (κ2) is 4.18. The van der Waals surface area contributed by atoms with E-state index >= 15 is 0 Å². The molecular weight excluding hydrogens is 226 g/mol.